The van der Waals surface area contributed by atoms with Crippen molar-refractivity contribution in [2.24, 2.45) is 0 Å². The molecule has 0 radical (unpaired) electrons. The summed E-state index contributed by atoms with van der Waals surface area (Å²) >= 11 is 0. The molecule has 0 spiro atoms. The van der Waals surface area contributed by atoms with Crippen molar-refractivity contribution in [2.75, 3.05) is 18.9 Å². The predicted octanol–water partition coefficient (Wildman–Crippen LogP) is 3.13. The monoisotopic (exact) mass is 404 g/mol. The number of rotatable bonds is 6. The van der Waals surface area contributed by atoms with Crippen molar-refractivity contribution in [3.05, 3.63) is 59.4 Å². The van der Waals surface area contributed by atoms with Gasteiger partial charge < -0.3 is 10.6 Å². The summed E-state index contributed by atoms with van der Waals surface area (Å²) in [6, 6.07) is 8.71. The molecule has 0 unspecified atom stereocenters. The minimum absolute atomic E-state index is 0.0726. The third-order valence-electron chi connectivity index (χ3n) is 3.68. The molecule has 0 saturated heterocycles. The Balaban J connectivity index is 2.19. The van der Waals surface area contributed by atoms with Crippen LogP contribution in [-0.2, 0) is 16.3 Å². The number of hydrogen-bond acceptors (Lipinski definition) is 4. The number of hydrogen-bond donors (Lipinski definition) is 2. The zero-order chi connectivity index (χ0) is 20.2. The van der Waals surface area contributed by atoms with Gasteiger partial charge in [0.1, 0.15) is 10.7 Å². The minimum Gasteiger partial charge on any atom is -0.384 e. The lowest BCUT2D eigenvalue weighted by molar-refractivity contribution is -0.0435. The number of carbonyl (C=O) groups excluding carboxylic acids is 1. The maximum absolute atomic E-state index is 13.3. The number of anilines is 1. The van der Waals surface area contributed by atoms with Crippen LogP contribution in [0.2, 0.25) is 0 Å². The van der Waals surface area contributed by atoms with Crippen LogP contribution >= 0.6 is 0 Å². The van der Waals surface area contributed by atoms with Crippen LogP contribution in [0.25, 0.3) is 0 Å². The number of sulfone groups is 1. The molecule has 1 amide bonds. The molecular formula is C17H16F4N2O3S. The summed E-state index contributed by atoms with van der Waals surface area (Å²) in [6.45, 7) is 0.0726. The van der Waals surface area contributed by atoms with E-state index < -0.39 is 26.1 Å². The van der Waals surface area contributed by atoms with Gasteiger partial charge in [-0.15, -0.1) is 0 Å². The summed E-state index contributed by atoms with van der Waals surface area (Å²) in [4.78, 5) is 10.4. The Kier molecular flexibility index (Phi) is 6.09. The minimum atomic E-state index is -5.70. The van der Waals surface area contributed by atoms with Crippen LogP contribution in [0, 0.1) is 5.82 Å². The summed E-state index contributed by atoms with van der Waals surface area (Å²) in [5.74, 6) is -1.39. The van der Waals surface area contributed by atoms with Crippen LogP contribution in [0.4, 0.5) is 23.2 Å². The molecule has 2 aromatic rings. The molecule has 27 heavy (non-hydrogen) atoms. The highest BCUT2D eigenvalue weighted by atomic mass is 32.2. The Hall–Kier alpha value is -2.62. The van der Waals surface area contributed by atoms with E-state index in [1.807, 2.05) is 0 Å². The molecule has 0 fully saturated rings. The highest BCUT2D eigenvalue weighted by Gasteiger charge is 2.48. The van der Waals surface area contributed by atoms with E-state index in [0.29, 0.717) is 23.6 Å². The summed E-state index contributed by atoms with van der Waals surface area (Å²) in [5.41, 5.74) is -4.77. The number of halogens is 4. The first-order chi connectivity index (χ1) is 12.6. The second-order valence-corrected chi connectivity index (χ2v) is 7.46. The molecule has 0 aliphatic rings. The molecule has 10 heteroatoms. The standard InChI is InChI=1S/C17H16F4N2O3S/c1-22-16(24)12-4-2-3-11(9-12)7-8-23-14-6-5-13(18)10-15(14)27(25,26)17(19,20)21/h2-6,9-10,23H,7-8H2,1H3,(H,22,24). The molecule has 0 aliphatic carbocycles. The van der Waals surface area contributed by atoms with Crippen molar-refractivity contribution in [2.45, 2.75) is 16.8 Å². The second-order valence-electron chi connectivity index (χ2n) is 5.55. The van der Waals surface area contributed by atoms with Crippen molar-refractivity contribution in [1.82, 2.24) is 5.32 Å². The van der Waals surface area contributed by atoms with Crippen LogP contribution in [0.3, 0.4) is 0 Å². The normalized spacial score (nSPS) is 11.9. The van der Waals surface area contributed by atoms with Gasteiger partial charge in [0.05, 0.1) is 5.69 Å². The molecule has 146 valence electrons. The molecule has 2 N–H and O–H groups in total. The van der Waals surface area contributed by atoms with Gasteiger partial charge in [-0.25, -0.2) is 12.8 Å². The topological polar surface area (TPSA) is 75.3 Å². The molecule has 0 saturated carbocycles. The Morgan fingerprint density at radius 1 is 1.11 bits per heavy atom. The number of benzene rings is 2. The van der Waals surface area contributed by atoms with Gasteiger partial charge in [0.2, 0.25) is 0 Å². The fourth-order valence-electron chi connectivity index (χ4n) is 2.34. The van der Waals surface area contributed by atoms with Crippen LogP contribution in [0.5, 0.6) is 0 Å². The molecule has 5 nitrogen and oxygen atoms in total. The first-order valence-corrected chi connectivity index (χ1v) is 9.20. The molecule has 0 aliphatic heterocycles. The Labute approximate surface area is 153 Å². The molecule has 2 rings (SSSR count). The highest BCUT2D eigenvalue weighted by Crippen LogP contribution is 2.34. The second kappa shape index (κ2) is 7.95. The van der Waals surface area contributed by atoms with Gasteiger partial charge >= 0.3 is 5.51 Å². The van der Waals surface area contributed by atoms with E-state index in [1.54, 1.807) is 24.3 Å². The van der Waals surface area contributed by atoms with Gasteiger partial charge in [-0.1, -0.05) is 12.1 Å². The molecule has 0 aromatic heterocycles. The molecule has 0 heterocycles. The van der Waals surface area contributed by atoms with Crippen molar-refractivity contribution in [3.8, 4) is 0 Å². The first-order valence-electron chi connectivity index (χ1n) is 7.72. The van der Waals surface area contributed by atoms with Crippen LogP contribution in [0.15, 0.2) is 47.4 Å². The number of carbonyl (C=O) groups is 1. The maximum Gasteiger partial charge on any atom is 0.501 e. The fourth-order valence-corrected chi connectivity index (χ4v) is 3.29. The molecular weight excluding hydrogens is 388 g/mol. The van der Waals surface area contributed by atoms with Crippen molar-refractivity contribution >= 4 is 21.4 Å². The third kappa shape index (κ3) is 4.76. The van der Waals surface area contributed by atoms with Crippen molar-refractivity contribution in [3.63, 3.8) is 0 Å². The van der Waals surface area contributed by atoms with E-state index in [9.17, 15) is 30.8 Å². The van der Waals surface area contributed by atoms with E-state index in [-0.39, 0.29) is 18.1 Å². The van der Waals surface area contributed by atoms with Gasteiger partial charge in [-0.3, -0.25) is 4.79 Å². The predicted molar refractivity (Wildman–Crippen MR) is 91.7 cm³/mol. The van der Waals surface area contributed by atoms with Gasteiger partial charge in [0.15, 0.2) is 0 Å². The van der Waals surface area contributed by atoms with Gasteiger partial charge in [0, 0.05) is 19.2 Å². The van der Waals surface area contributed by atoms with E-state index in [1.165, 1.54) is 7.05 Å². The van der Waals surface area contributed by atoms with E-state index >= 15 is 0 Å². The lowest BCUT2D eigenvalue weighted by Crippen LogP contribution is -2.24. The zero-order valence-corrected chi connectivity index (χ0v) is 14.9. The van der Waals surface area contributed by atoms with Crippen LogP contribution in [-0.4, -0.2) is 33.4 Å². The molecule has 2 aromatic carbocycles. The van der Waals surface area contributed by atoms with Gasteiger partial charge in [-0.2, -0.15) is 13.2 Å². The quantitative estimate of drug-likeness (QED) is 0.726. The average Bonchev–Trinajstić information content (AvgIpc) is 2.61. The van der Waals surface area contributed by atoms with Crippen molar-refractivity contribution in [1.29, 1.82) is 0 Å². The summed E-state index contributed by atoms with van der Waals surface area (Å²) < 4.78 is 75.0. The molecule has 0 bridgehead atoms. The summed E-state index contributed by atoms with van der Waals surface area (Å²) in [6.07, 6.45) is 0.299. The maximum atomic E-state index is 13.3. The van der Waals surface area contributed by atoms with Gasteiger partial charge in [0.25, 0.3) is 15.7 Å². The van der Waals surface area contributed by atoms with Gasteiger partial charge in [-0.05, 0) is 42.3 Å². The summed E-state index contributed by atoms with van der Waals surface area (Å²) in [5, 5.41) is 5.05. The van der Waals surface area contributed by atoms with E-state index in [0.717, 1.165) is 12.1 Å². The Morgan fingerprint density at radius 3 is 2.44 bits per heavy atom. The smallest absolute Gasteiger partial charge is 0.384 e. The first kappa shape index (κ1) is 20.7. The van der Waals surface area contributed by atoms with Crippen LogP contribution in [0.1, 0.15) is 15.9 Å². The number of nitrogens with one attached hydrogen (secondary N) is 2. The van der Waals surface area contributed by atoms with Crippen molar-refractivity contribution < 1.29 is 30.8 Å². The largest absolute Gasteiger partial charge is 0.501 e. The average molecular weight is 404 g/mol. The Morgan fingerprint density at radius 2 is 1.81 bits per heavy atom. The lowest BCUT2D eigenvalue weighted by atomic mass is 10.1. The van der Waals surface area contributed by atoms with E-state index in [2.05, 4.69) is 10.6 Å². The lowest BCUT2D eigenvalue weighted by Gasteiger charge is -2.14. The fraction of sp³-hybridized carbons (Fsp3) is 0.235. The highest BCUT2D eigenvalue weighted by molar-refractivity contribution is 7.92. The number of alkyl halides is 3. The number of amides is 1. The summed E-state index contributed by atoms with van der Waals surface area (Å²) in [7, 11) is -4.22. The molecule has 0 atom stereocenters. The van der Waals surface area contributed by atoms with E-state index in [4.69, 9.17) is 0 Å². The zero-order valence-electron chi connectivity index (χ0n) is 14.1. The SMILES string of the molecule is CNC(=O)c1cccc(CCNc2ccc(F)cc2S(=O)(=O)C(F)(F)F)c1. The Bertz CT molecular complexity index is 943. The van der Waals surface area contributed by atoms with Crippen LogP contribution < -0.4 is 10.6 Å². The third-order valence-corrected chi connectivity index (χ3v) is 5.21.